The third-order valence-electron chi connectivity index (χ3n) is 6.14. The number of benzene rings is 1. The first-order chi connectivity index (χ1) is 17.0. The van der Waals surface area contributed by atoms with Gasteiger partial charge in [0.05, 0.1) is 5.56 Å². The van der Waals surface area contributed by atoms with E-state index in [-0.39, 0.29) is 48.3 Å². The standard InChI is InChI=1S/C28H26F2N5O.U/c1-6-21(23-12-20(29)7-8-22(23)24-16-34(5)33-26(24)30)25(15-31)35-10-9-19(11-18(35)3)27(36)32-28(4)13-17(2)14-28;/h7-13,16H,3-4,6,14H2,1-2,5H3,(H,32,36);/q-1;/b25-21+;. The molecule has 0 bridgehead atoms. The summed E-state index contributed by atoms with van der Waals surface area (Å²) < 4.78 is 30.2. The second-order valence-corrected chi connectivity index (χ2v) is 9.04. The van der Waals surface area contributed by atoms with E-state index < -0.39 is 17.3 Å². The van der Waals surface area contributed by atoms with Crippen LogP contribution < -0.4 is 5.32 Å². The Kier molecular flexibility index (Phi) is 8.47. The van der Waals surface area contributed by atoms with Crippen molar-refractivity contribution in [1.82, 2.24) is 20.0 Å². The van der Waals surface area contributed by atoms with Crippen molar-refractivity contribution < 1.29 is 44.7 Å². The maximum absolute atomic E-state index is 14.5. The number of rotatable bonds is 6. The Balaban J connectivity index is 0.00000380. The van der Waals surface area contributed by atoms with Crippen molar-refractivity contribution in [3.63, 3.8) is 0 Å². The minimum absolute atomic E-state index is 0. The molecule has 0 radical (unpaired) electrons. The Labute approximate surface area is 239 Å². The van der Waals surface area contributed by atoms with Crippen LogP contribution in [0.4, 0.5) is 8.78 Å². The van der Waals surface area contributed by atoms with E-state index in [1.165, 1.54) is 34.0 Å². The molecule has 188 valence electrons. The van der Waals surface area contributed by atoms with Gasteiger partial charge in [0.1, 0.15) is 17.6 Å². The first-order valence-corrected chi connectivity index (χ1v) is 11.4. The molecule has 2 aliphatic rings. The third kappa shape index (κ3) is 5.71. The van der Waals surface area contributed by atoms with Crippen molar-refractivity contribution in [3.05, 3.63) is 102 Å². The SMILES string of the molecule is C=C1C=C(C(=O)NC2([CH2-])C=C(C)C2)C=CN1/C(C#N)=C(\CC)c1cc(F)ccc1-c1cn(C)nc1F.[U]. The summed E-state index contributed by atoms with van der Waals surface area (Å²) in [6.07, 6.45) is 9.18. The predicted octanol–water partition coefficient (Wildman–Crippen LogP) is 5.32. The summed E-state index contributed by atoms with van der Waals surface area (Å²) in [4.78, 5) is 14.3. The summed E-state index contributed by atoms with van der Waals surface area (Å²) in [5, 5.41) is 16.8. The normalized spacial score (nSPS) is 19.2. The molecule has 0 saturated heterocycles. The van der Waals surface area contributed by atoms with Crippen LogP contribution in [0.15, 0.2) is 77.9 Å². The van der Waals surface area contributed by atoms with Crippen LogP contribution in [0, 0.1) is 61.1 Å². The molecule has 1 aliphatic heterocycles. The predicted molar refractivity (Wildman–Crippen MR) is 134 cm³/mol. The van der Waals surface area contributed by atoms with E-state index in [1.807, 2.05) is 19.9 Å². The summed E-state index contributed by atoms with van der Waals surface area (Å²) in [7, 11) is 1.59. The Hall–Kier alpha value is -3.20. The molecule has 1 aromatic carbocycles. The zero-order valence-electron chi connectivity index (χ0n) is 20.9. The van der Waals surface area contributed by atoms with Crippen LogP contribution in [0.3, 0.4) is 0 Å². The second kappa shape index (κ2) is 11.0. The number of allylic oxidation sites excluding steroid dienone is 3. The van der Waals surface area contributed by atoms with E-state index >= 15 is 0 Å². The largest absolute Gasteiger partial charge is 0.372 e. The van der Waals surface area contributed by atoms with E-state index in [4.69, 9.17) is 0 Å². The molecule has 1 atom stereocenters. The van der Waals surface area contributed by atoms with Gasteiger partial charge in [0.2, 0.25) is 11.9 Å². The van der Waals surface area contributed by atoms with Gasteiger partial charge in [-0.1, -0.05) is 36.8 Å². The number of amides is 1. The molecule has 0 fully saturated rings. The molecule has 1 aliphatic carbocycles. The summed E-state index contributed by atoms with van der Waals surface area (Å²) in [6, 6.07) is 6.18. The summed E-state index contributed by atoms with van der Waals surface area (Å²) in [5.74, 6) is -1.51. The fraction of sp³-hybridized carbons (Fsp3) is 0.214. The average molecular weight is 725 g/mol. The number of hydrogen-bond donors (Lipinski definition) is 1. The summed E-state index contributed by atoms with van der Waals surface area (Å²) >= 11 is 0. The molecule has 6 nitrogen and oxygen atoms in total. The number of nitriles is 1. The molecule has 1 unspecified atom stereocenters. The molecule has 4 rings (SSSR count). The molecule has 9 heteroatoms. The fourth-order valence-electron chi connectivity index (χ4n) is 4.62. The molecule has 0 saturated carbocycles. The molecule has 2 aromatic rings. The van der Waals surface area contributed by atoms with Crippen molar-refractivity contribution in [2.75, 3.05) is 0 Å². The van der Waals surface area contributed by atoms with E-state index in [1.54, 1.807) is 25.4 Å². The number of nitrogens with zero attached hydrogens (tertiary/aromatic N) is 4. The van der Waals surface area contributed by atoms with E-state index in [0.29, 0.717) is 40.8 Å². The molecule has 0 spiro atoms. The van der Waals surface area contributed by atoms with Gasteiger partial charge in [0.15, 0.2) is 0 Å². The van der Waals surface area contributed by atoms with E-state index in [2.05, 4.69) is 30.0 Å². The quantitative estimate of drug-likeness (QED) is 0.249. The number of nitrogens with one attached hydrogen (secondary N) is 1. The van der Waals surface area contributed by atoms with Gasteiger partial charge in [-0.15, -0.1) is 5.10 Å². The average Bonchev–Trinajstić information content (AvgIpc) is 3.14. The van der Waals surface area contributed by atoms with Crippen LogP contribution in [0.2, 0.25) is 0 Å². The van der Waals surface area contributed by atoms with Crippen molar-refractivity contribution in [2.24, 2.45) is 7.05 Å². The van der Waals surface area contributed by atoms with Gasteiger partial charge in [0, 0.05) is 61.8 Å². The van der Waals surface area contributed by atoms with Gasteiger partial charge in [-0.3, -0.25) is 9.48 Å². The molecule has 1 amide bonds. The summed E-state index contributed by atoms with van der Waals surface area (Å²) in [6.45, 7) is 11.9. The minimum Gasteiger partial charge on any atom is -0.372 e. The number of hydrogen-bond acceptors (Lipinski definition) is 4. The Bertz CT molecular complexity index is 1440. The van der Waals surface area contributed by atoms with Crippen molar-refractivity contribution in [2.45, 2.75) is 32.2 Å². The number of carbonyl (C=O) groups is 1. The molecule has 1 N–H and O–H groups in total. The second-order valence-electron chi connectivity index (χ2n) is 9.04. The molecular formula is C28H26F2N5OU-. The first kappa shape index (κ1) is 28.4. The Morgan fingerprint density at radius 3 is 2.59 bits per heavy atom. The van der Waals surface area contributed by atoms with Gasteiger partial charge in [-0.05, 0) is 60.8 Å². The van der Waals surface area contributed by atoms with Gasteiger partial charge >= 0.3 is 0 Å². The van der Waals surface area contributed by atoms with Gasteiger partial charge in [-0.2, -0.15) is 9.65 Å². The zero-order valence-corrected chi connectivity index (χ0v) is 25.1. The Morgan fingerprint density at radius 1 is 1.35 bits per heavy atom. The van der Waals surface area contributed by atoms with E-state index in [0.717, 1.165) is 5.57 Å². The maximum Gasteiger partial charge on any atom is 0.249 e. The number of carbonyl (C=O) groups excluding carboxylic acids is 1. The van der Waals surface area contributed by atoms with E-state index in [9.17, 15) is 18.8 Å². The molecule has 2 heterocycles. The minimum atomic E-state index is -0.695. The van der Waals surface area contributed by atoms with Gasteiger partial charge in [-0.25, -0.2) is 4.39 Å². The number of halogens is 2. The van der Waals surface area contributed by atoms with Crippen LogP contribution in [0.25, 0.3) is 16.7 Å². The fourth-order valence-corrected chi connectivity index (χ4v) is 4.62. The van der Waals surface area contributed by atoms with Crippen molar-refractivity contribution in [1.29, 1.82) is 5.26 Å². The van der Waals surface area contributed by atoms with Crippen molar-refractivity contribution in [3.8, 4) is 17.2 Å². The molecule has 37 heavy (non-hydrogen) atoms. The van der Waals surface area contributed by atoms with Crippen LogP contribution >= 0.6 is 0 Å². The Morgan fingerprint density at radius 2 is 2.05 bits per heavy atom. The smallest absolute Gasteiger partial charge is 0.249 e. The maximum atomic E-state index is 14.5. The number of aromatic nitrogens is 2. The van der Waals surface area contributed by atoms with Crippen molar-refractivity contribution >= 4 is 11.5 Å². The van der Waals surface area contributed by atoms with Gasteiger partial charge < -0.3 is 17.1 Å². The van der Waals surface area contributed by atoms with Crippen LogP contribution in [0.1, 0.15) is 32.3 Å². The van der Waals surface area contributed by atoms with Gasteiger partial charge in [0.25, 0.3) is 0 Å². The molecule has 1 aromatic heterocycles. The molecular weight excluding hydrogens is 698 g/mol. The topological polar surface area (TPSA) is 74.0 Å². The zero-order chi connectivity index (χ0) is 26.2. The monoisotopic (exact) mass is 724 g/mol. The van der Waals surface area contributed by atoms with Crippen LogP contribution in [-0.4, -0.2) is 26.1 Å². The van der Waals surface area contributed by atoms with Crippen LogP contribution in [-0.2, 0) is 11.8 Å². The third-order valence-corrected chi connectivity index (χ3v) is 6.14. The van der Waals surface area contributed by atoms with Crippen LogP contribution in [0.5, 0.6) is 0 Å². The summed E-state index contributed by atoms with van der Waals surface area (Å²) in [5.41, 5.74) is 2.96. The number of aryl methyl sites for hydroxylation is 1. The first-order valence-electron chi connectivity index (χ1n) is 11.4.